The summed E-state index contributed by atoms with van der Waals surface area (Å²) >= 11 is 0. The van der Waals surface area contributed by atoms with E-state index in [1.807, 2.05) is 27.7 Å². The second-order valence-corrected chi connectivity index (χ2v) is 13.1. The van der Waals surface area contributed by atoms with E-state index in [1.54, 1.807) is 20.8 Å². The number of rotatable bonds is 5. The van der Waals surface area contributed by atoms with Gasteiger partial charge < -0.3 is 24.3 Å². The Morgan fingerprint density at radius 1 is 1.17 bits per heavy atom. The van der Waals surface area contributed by atoms with Gasteiger partial charge in [-0.25, -0.2) is 23.2 Å². The van der Waals surface area contributed by atoms with Crippen molar-refractivity contribution in [3.8, 4) is 0 Å². The number of alkyl carbamates (subject to hydrolysis) is 1. The van der Waals surface area contributed by atoms with E-state index in [9.17, 15) is 18.0 Å². The van der Waals surface area contributed by atoms with Crippen molar-refractivity contribution in [2.45, 2.75) is 95.1 Å². The molecule has 0 aliphatic carbocycles. The van der Waals surface area contributed by atoms with Gasteiger partial charge in [0.1, 0.15) is 11.6 Å². The molecule has 2 atom stereocenters. The molecule has 2 saturated heterocycles. The summed E-state index contributed by atoms with van der Waals surface area (Å²) in [7, 11) is -4.57. The van der Waals surface area contributed by atoms with Gasteiger partial charge in [-0.15, -0.1) is 0 Å². The summed E-state index contributed by atoms with van der Waals surface area (Å²) in [5.74, 6) is -0.384. The van der Waals surface area contributed by atoms with Gasteiger partial charge in [-0.3, -0.25) is 4.79 Å². The third-order valence-electron chi connectivity index (χ3n) is 6.43. The quantitative estimate of drug-likeness (QED) is 0.455. The van der Waals surface area contributed by atoms with Crippen LogP contribution in [0.25, 0.3) is 0 Å². The zero-order valence-corrected chi connectivity index (χ0v) is 22.4. The van der Waals surface area contributed by atoms with Gasteiger partial charge >= 0.3 is 13.2 Å². The Balaban J connectivity index is 1.63. The molecule has 0 unspecified atom stereocenters. The maximum Gasteiger partial charge on any atom is 0.498 e. The summed E-state index contributed by atoms with van der Waals surface area (Å²) in [5.41, 5.74) is -1.26. The zero-order chi connectivity index (χ0) is 26.4. The molecule has 1 N–H and O–H groups in total. The van der Waals surface area contributed by atoms with E-state index in [2.05, 4.69) is 15.3 Å². The molecule has 11 nitrogen and oxygen atoms in total. The molecule has 0 bridgehead atoms. The summed E-state index contributed by atoms with van der Waals surface area (Å²) in [6.07, 6.45) is 2.33. The highest BCUT2D eigenvalue weighted by Gasteiger charge is 2.52. The average molecular weight is 510 g/mol. The number of carbonyl (C=O) groups excluding carboxylic acids is 2. The predicted molar refractivity (Wildman–Crippen MR) is 129 cm³/mol. The molecule has 0 aromatic carbocycles. The fourth-order valence-electron chi connectivity index (χ4n) is 3.72. The second-order valence-electron chi connectivity index (χ2n) is 11.0. The van der Waals surface area contributed by atoms with Crippen LogP contribution in [0.5, 0.6) is 0 Å². The van der Waals surface area contributed by atoms with Crippen molar-refractivity contribution in [3.63, 3.8) is 0 Å². The van der Waals surface area contributed by atoms with E-state index in [-0.39, 0.29) is 30.6 Å². The smallest absolute Gasteiger partial charge is 0.444 e. The van der Waals surface area contributed by atoms with E-state index >= 15 is 0 Å². The van der Waals surface area contributed by atoms with Crippen LogP contribution < -0.4 is 10.8 Å². The molecule has 3 rings (SSSR count). The monoisotopic (exact) mass is 510 g/mol. The number of likely N-dealkylation sites (tertiary alicyclic amines) is 1. The highest BCUT2D eigenvalue weighted by molar-refractivity contribution is 7.91. The first-order valence-corrected chi connectivity index (χ1v) is 13.2. The molecule has 0 radical (unpaired) electrons. The van der Waals surface area contributed by atoms with E-state index in [0.29, 0.717) is 5.46 Å². The van der Waals surface area contributed by atoms with Gasteiger partial charge in [-0.05, 0) is 61.8 Å². The van der Waals surface area contributed by atoms with Gasteiger partial charge in [0.15, 0.2) is 0 Å². The number of nitrogens with zero attached hydrogens (tertiary/aromatic N) is 3. The molecule has 3 heterocycles. The fourth-order valence-corrected chi connectivity index (χ4v) is 5.21. The summed E-state index contributed by atoms with van der Waals surface area (Å²) in [4.78, 5) is 34.3. The molecule has 35 heavy (non-hydrogen) atoms. The van der Waals surface area contributed by atoms with Crippen LogP contribution >= 0.6 is 0 Å². The van der Waals surface area contributed by atoms with Gasteiger partial charge in [-0.1, -0.05) is 0 Å². The van der Waals surface area contributed by atoms with Gasteiger partial charge in [0.2, 0.25) is 20.9 Å². The first-order chi connectivity index (χ1) is 15.9. The first kappa shape index (κ1) is 27.3. The van der Waals surface area contributed by atoms with Crippen LogP contribution in [0, 0.1) is 0 Å². The molecular weight excluding hydrogens is 475 g/mol. The number of sulfone groups is 1. The lowest BCUT2D eigenvalue weighted by Crippen LogP contribution is -2.48. The van der Waals surface area contributed by atoms with Gasteiger partial charge in [-0.2, -0.15) is 0 Å². The Morgan fingerprint density at radius 3 is 2.23 bits per heavy atom. The van der Waals surface area contributed by atoms with Crippen molar-refractivity contribution >= 4 is 34.4 Å². The molecule has 1 aromatic rings. The third-order valence-corrected chi connectivity index (χ3v) is 8.41. The minimum atomic E-state index is -3.87. The Bertz CT molecular complexity index is 1050. The lowest BCUT2D eigenvalue weighted by Gasteiger charge is -2.32. The molecule has 13 heteroatoms. The number of ether oxygens (including phenoxy) is 1. The van der Waals surface area contributed by atoms with Gasteiger partial charge in [0.25, 0.3) is 0 Å². The second kappa shape index (κ2) is 9.32. The van der Waals surface area contributed by atoms with Crippen LogP contribution in [0.3, 0.4) is 0 Å². The SMILES string of the molecule is C[C@@H](NC(=O)OC(C)(C)C)C(=O)N1CC[C@@H](S(=O)(=O)c2ncc(B3OC(C)(C)C(C)(C)O3)cn2)C1. The minimum absolute atomic E-state index is 0.0101. The highest BCUT2D eigenvalue weighted by atomic mass is 32.2. The summed E-state index contributed by atoms with van der Waals surface area (Å²) in [5, 5.41) is 1.34. The van der Waals surface area contributed by atoms with Crippen molar-refractivity contribution in [2.75, 3.05) is 13.1 Å². The zero-order valence-electron chi connectivity index (χ0n) is 21.6. The molecule has 194 valence electrons. The number of hydrogen-bond acceptors (Lipinski definition) is 9. The molecule has 2 aliphatic rings. The van der Waals surface area contributed by atoms with Crippen molar-refractivity contribution in [2.24, 2.45) is 0 Å². The van der Waals surface area contributed by atoms with Gasteiger partial charge in [0.05, 0.1) is 16.5 Å². The fraction of sp³-hybridized carbons (Fsp3) is 0.727. The summed E-state index contributed by atoms with van der Waals surface area (Å²) < 4.78 is 43.3. The molecule has 0 spiro atoms. The van der Waals surface area contributed by atoms with E-state index in [0.717, 1.165) is 0 Å². The van der Waals surface area contributed by atoms with Crippen molar-refractivity contribution < 1.29 is 32.1 Å². The maximum absolute atomic E-state index is 13.1. The summed E-state index contributed by atoms with van der Waals surface area (Å²) in [6, 6.07) is -0.859. The molecule has 1 aromatic heterocycles. The Kier molecular flexibility index (Phi) is 7.29. The third kappa shape index (κ3) is 5.95. The number of aromatic nitrogens is 2. The highest BCUT2D eigenvalue weighted by Crippen LogP contribution is 2.36. The van der Waals surface area contributed by atoms with E-state index in [4.69, 9.17) is 14.0 Å². The van der Waals surface area contributed by atoms with Crippen LogP contribution in [0.15, 0.2) is 17.6 Å². The van der Waals surface area contributed by atoms with Crippen LogP contribution in [-0.4, -0.2) is 83.6 Å². The Morgan fingerprint density at radius 2 is 1.71 bits per heavy atom. The van der Waals surface area contributed by atoms with Crippen LogP contribution in [0.1, 0.15) is 61.8 Å². The number of hydrogen-bond donors (Lipinski definition) is 1. The van der Waals surface area contributed by atoms with Crippen LogP contribution in [-0.2, 0) is 28.7 Å². The van der Waals surface area contributed by atoms with Crippen molar-refractivity contribution in [1.29, 1.82) is 0 Å². The molecule has 2 fully saturated rings. The maximum atomic E-state index is 13.1. The largest absolute Gasteiger partial charge is 0.498 e. The molecule has 2 amide bonds. The number of carbonyl (C=O) groups is 2. The number of nitrogens with one attached hydrogen (secondary N) is 1. The molecule has 0 saturated carbocycles. The number of amides is 2. The van der Waals surface area contributed by atoms with E-state index in [1.165, 1.54) is 24.2 Å². The Labute approximate surface area is 207 Å². The molecule has 2 aliphatic heterocycles. The van der Waals surface area contributed by atoms with Gasteiger partial charge in [0, 0.05) is 30.9 Å². The van der Waals surface area contributed by atoms with Crippen LogP contribution in [0.4, 0.5) is 4.79 Å². The standard InChI is InChI=1S/C22H35BN4O7S/c1-14(26-19(29)32-20(2,3)4)17(28)27-10-9-16(13-27)35(30,31)18-24-11-15(12-25-18)23-33-21(5,6)22(7,8)34-23/h11-12,14,16H,9-10,13H2,1-8H3,(H,26,29)/t14-,16-/m1/s1. The Hall–Kier alpha value is -2.25. The predicted octanol–water partition coefficient (Wildman–Crippen LogP) is 1.06. The molecular formula is C22H35BN4O7S. The lowest BCUT2D eigenvalue weighted by molar-refractivity contribution is -0.131. The van der Waals surface area contributed by atoms with E-state index < -0.39 is 51.1 Å². The normalized spacial score (nSPS) is 22.7. The summed E-state index contributed by atoms with van der Waals surface area (Å²) in [6.45, 7) is 14.6. The van der Waals surface area contributed by atoms with Crippen molar-refractivity contribution in [1.82, 2.24) is 20.2 Å². The minimum Gasteiger partial charge on any atom is -0.444 e. The average Bonchev–Trinajstić information content (AvgIpc) is 3.29. The van der Waals surface area contributed by atoms with Crippen LogP contribution in [0.2, 0.25) is 0 Å². The lowest BCUT2D eigenvalue weighted by atomic mass is 9.81. The van der Waals surface area contributed by atoms with Crippen molar-refractivity contribution in [3.05, 3.63) is 12.4 Å². The first-order valence-electron chi connectivity index (χ1n) is 11.6. The topological polar surface area (TPSA) is 137 Å².